The number of nitrogens with one attached hydrogen (secondary N) is 3. The maximum Gasteiger partial charge on any atom is 0.319 e. The summed E-state index contributed by atoms with van der Waals surface area (Å²) in [6.07, 6.45) is 1.11. The largest absolute Gasteiger partial charge is 0.381 e. The van der Waals surface area contributed by atoms with Crippen molar-refractivity contribution in [3.63, 3.8) is 0 Å². The lowest BCUT2D eigenvalue weighted by Gasteiger charge is -2.24. The highest BCUT2D eigenvalue weighted by atomic mass is 127. The second kappa shape index (κ2) is 12.0. The quantitative estimate of drug-likeness (QED) is 0.326. The number of anilines is 1. The number of ether oxygens (including phenoxy) is 1. The van der Waals surface area contributed by atoms with Crippen molar-refractivity contribution in [1.29, 1.82) is 0 Å². The van der Waals surface area contributed by atoms with Crippen LogP contribution in [0.2, 0.25) is 0 Å². The number of hydrogen-bond donors (Lipinski definition) is 3. The zero-order valence-electron chi connectivity index (χ0n) is 16.6. The lowest BCUT2D eigenvalue weighted by atomic mass is 10.1. The molecule has 0 spiro atoms. The zero-order chi connectivity index (χ0) is 18.9. The van der Waals surface area contributed by atoms with E-state index in [0.717, 1.165) is 43.4 Å². The molecule has 0 radical (unpaired) electrons. The second-order valence-electron chi connectivity index (χ2n) is 6.96. The Labute approximate surface area is 179 Å². The van der Waals surface area contributed by atoms with Crippen molar-refractivity contribution >= 4 is 41.7 Å². The van der Waals surface area contributed by atoms with E-state index < -0.39 is 0 Å². The van der Waals surface area contributed by atoms with Crippen LogP contribution in [0.5, 0.6) is 0 Å². The van der Waals surface area contributed by atoms with Crippen molar-refractivity contribution in [3.05, 3.63) is 29.8 Å². The van der Waals surface area contributed by atoms with Gasteiger partial charge in [0.25, 0.3) is 0 Å². The number of hydrogen-bond acceptors (Lipinski definition) is 3. The molecule has 1 unspecified atom stereocenters. The van der Waals surface area contributed by atoms with Crippen LogP contribution < -0.4 is 16.0 Å². The van der Waals surface area contributed by atoms with E-state index >= 15 is 0 Å². The molecule has 3 N–H and O–H groups in total. The van der Waals surface area contributed by atoms with Crippen molar-refractivity contribution in [1.82, 2.24) is 15.5 Å². The van der Waals surface area contributed by atoms with E-state index in [1.54, 1.807) is 7.05 Å². The average Bonchev–Trinajstić information content (AvgIpc) is 3.09. The molecular weight excluding hydrogens is 457 g/mol. The molecule has 0 bridgehead atoms. The molecular formula is C19H32IN5O2. The Morgan fingerprint density at radius 1 is 1.33 bits per heavy atom. The molecule has 0 aromatic heterocycles. The van der Waals surface area contributed by atoms with Crippen LogP contribution in [0.25, 0.3) is 0 Å². The number of guanidine groups is 1. The molecule has 2 amide bonds. The van der Waals surface area contributed by atoms with Crippen LogP contribution in [-0.2, 0) is 11.3 Å². The highest BCUT2D eigenvalue weighted by Gasteiger charge is 2.18. The van der Waals surface area contributed by atoms with Gasteiger partial charge in [-0.05, 0) is 38.0 Å². The van der Waals surface area contributed by atoms with Crippen molar-refractivity contribution in [2.24, 2.45) is 10.9 Å². The first kappa shape index (κ1) is 23.5. The minimum atomic E-state index is -0.191. The number of carbonyl (C=O) groups excluding carboxylic acids is 1. The number of urea groups is 1. The molecule has 1 aromatic rings. The lowest BCUT2D eigenvalue weighted by molar-refractivity contribution is 0.181. The van der Waals surface area contributed by atoms with Gasteiger partial charge in [-0.2, -0.15) is 0 Å². The van der Waals surface area contributed by atoms with Crippen molar-refractivity contribution < 1.29 is 9.53 Å². The van der Waals surface area contributed by atoms with Gasteiger partial charge in [-0.15, -0.1) is 24.0 Å². The van der Waals surface area contributed by atoms with Gasteiger partial charge in [0.1, 0.15) is 0 Å². The normalized spacial score (nSPS) is 16.6. The molecule has 1 heterocycles. The first-order valence-corrected chi connectivity index (χ1v) is 9.14. The van der Waals surface area contributed by atoms with E-state index in [-0.39, 0.29) is 36.0 Å². The maximum absolute atomic E-state index is 11.7. The van der Waals surface area contributed by atoms with Gasteiger partial charge < -0.3 is 25.6 Å². The number of benzene rings is 1. The molecule has 1 fully saturated rings. The molecule has 152 valence electrons. The number of halogens is 1. The van der Waals surface area contributed by atoms with Gasteiger partial charge in [0.2, 0.25) is 0 Å². The molecule has 0 aliphatic carbocycles. The highest BCUT2D eigenvalue weighted by molar-refractivity contribution is 14.0. The van der Waals surface area contributed by atoms with E-state index in [1.807, 2.05) is 45.2 Å². The third-order valence-electron chi connectivity index (χ3n) is 4.21. The predicted octanol–water partition coefficient (Wildman–Crippen LogP) is 2.88. The van der Waals surface area contributed by atoms with Gasteiger partial charge in [-0.1, -0.05) is 12.1 Å². The third kappa shape index (κ3) is 8.34. The minimum Gasteiger partial charge on any atom is -0.381 e. The van der Waals surface area contributed by atoms with Crippen LogP contribution in [0.3, 0.4) is 0 Å². The van der Waals surface area contributed by atoms with Gasteiger partial charge in [-0.3, -0.25) is 4.99 Å². The molecule has 8 heteroatoms. The van der Waals surface area contributed by atoms with Gasteiger partial charge in [0.15, 0.2) is 5.96 Å². The molecule has 27 heavy (non-hydrogen) atoms. The molecule has 1 aliphatic heterocycles. The summed E-state index contributed by atoms with van der Waals surface area (Å²) in [7, 11) is 3.85. The standard InChI is InChI=1S/C19H31N5O2.HI/c1-14(2)22-19(25)23-17-7-5-15(6-8-17)11-21-18(20-3)24(4)12-16-9-10-26-13-16;/h5-8,14,16H,9-13H2,1-4H3,(H,20,21)(H2,22,23,25);1H. The van der Waals surface area contributed by atoms with Crippen LogP contribution in [0.1, 0.15) is 25.8 Å². The molecule has 2 rings (SSSR count). The monoisotopic (exact) mass is 489 g/mol. The topological polar surface area (TPSA) is 78.0 Å². The van der Waals surface area contributed by atoms with Gasteiger partial charge in [0.05, 0.1) is 6.61 Å². The molecule has 1 aromatic carbocycles. The Kier molecular flexibility index (Phi) is 10.5. The van der Waals surface area contributed by atoms with Crippen molar-refractivity contribution in [2.75, 3.05) is 39.2 Å². The Morgan fingerprint density at radius 3 is 2.59 bits per heavy atom. The maximum atomic E-state index is 11.7. The summed E-state index contributed by atoms with van der Waals surface area (Å²) in [6.45, 7) is 7.17. The SMILES string of the molecule is CN=C(NCc1ccc(NC(=O)NC(C)C)cc1)N(C)CC1CCOC1.I. The third-order valence-corrected chi connectivity index (χ3v) is 4.21. The van der Waals surface area contributed by atoms with E-state index in [0.29, 0.717) is 12.5 Å². The van der Waals surface area contributed by atoms with Crippen LogP contribution in [0, 0.1) is 5.92 Å². The number of amides is 2. The summed E-state index contributed by atoms with van der Waals surface area (Å²) < 4.78 is 5.44. The summed E-state index contributed by atoms with van der Waals surface area (Å²) in [6, 6.07) is 7.71. The summed E-state index contributed by atoms with van der Waals surface area (Å²) in [5.41, 5.74) is 1.90. The minimum absolute atomic E-state index is 0. The van der Waals surface area contributed by atoms with E-state index in [4.69, 9.17) is 4.74 Å². The van der Waals surface area contributed by atoms with Gasteiger partial charge >= 0.3 is 6.03 Å². The second-order valence-corrected chi connectivity index (χ2v) is 6.96. The Bertz CT molecular complexity index is 601. The summed E-state index contributed by atoms with van der Waals surface area (Å²) >= 11 is 0. The smallest absolute Gasteiger partial charge is 0.319 e. The molecule has 7 nitrogen and oxygen atoms in total. The van der Waals surface area contributed by atoms with Crippen molar-refractivity contribution in [2.45, 2.75) is 32.9 Å². The predicted molar refractivity (Wildman–Crippen MR) is 121 cm³/mol. The van der Waals surface area contributed by atoms with Gasteiger partial charge in [0, 0.05) is 51.4 Å². The average molecular weight is 489 g/mol. The Hall–Kier alpha value is -1.55. The summed E-state index contributed by atoms with van der Waals surface area (Å²) in [4.78, 5) is 18.2. The van der Waals surface area contributed by atoms with Crippen LogP contribution in [0.15, 0.2) is 29.3 Å². The van der Waals surface area contributed by atoms with E-state index in [1.165, 1.54) is 0 Å². The number of aliphatic imine (C=N–C) groups is 1. The lowest BCUT2D eigenvalue weighted by Crippen LogP contribution is -2.41. The fraction of sp³-hybridized carbons (Fsp3) is 0.579. The van der Waals surface area contributed by atoms with Crippen LogP contribution in [0.4, 0.5) is 10.5 Å². The summed E-state index contributed by atoms with van der Waals surface area (Å²) in [5, 5.41) is 9.00. The van der Waals surface area contributed by atoms with E-state index in [2.05, 4.69) is 25.8 Å². The first-order valence-electron chi connectivity index (χ1n) is 9.14. The van der Waals surface area contributed by atoms with Gasteiger partial charge in [-0.25, -0.2) is 4.79 Å². The highest BCUT2D eigenvalue weighted by Crippen LogP contribution is 2.13. The molecule has 1 atom stereocenters. The molecule has 1 aliphatic rings. The van der Waals surface area contributed by atoms with Crippen molar-refractivity contribution in [3.8, 4) is 0 Å². The van der Waals surface area contributed by atoms with Crippen LogP contribution in [-0.4, -0.2) is 56.8 Å². The van der Waals surface area contributed by atoms with E-state index in [9.17, 15) is 4.79 Å². The molecule has 0 saturated carbocycles. The zero-order valence-corrected chi connectivity index (χ0v) is 18.9. The fourth-order valence-electron chi connectivity index (χ4n) is 2.90. The number of nitrogens with zero attached hydrogens (tertiary/aromatic N) is 2. The summed E-state index contributed by atoms with van der Waals surface area (Å²) in [5.74, 6) is 1.44. The first-order chi connectivity index (χ1) is 12.5. The Morgan fingerprint density at radius 2 is 2.04 bits per heavy atom. The number of rotatable bonds is 6. The molecule has 1 saturated heterocycles. The number of carbonyl (C=O) groups is 1. The van der Waals surface area contributed by atoms with Crippen LogP contribution >= 0.6 is 24.0 Å². The Balaban J connectivity index is 0.00000364. The fourth-order valence-corrected chi connectivity index (χ4v) is 2.90.